The van der Waals surface area contributed by atoms with Gasteiger partial charge in [0.05, 0.1) is 6.26 Å². The zero-order valence-electron chi connectivity index (χ0n) is 14.9. The van der Waals surface area contributed by atoms with Gasteiger partial charge in [-0.1, -0.05) is 11.3 Å². The second-order valence-corrected chi connectivity index (χ2v) is 6.93. The minimum absolute atomic E-state index is 0.312. The van der Waals surface area contributed by atoms with Gasteiger partial charge in [-0.2, -0.15) is 0 Å². The molecule has 3 aromatic rings. The van der Waals surface area contributed by atoms with Crippen molar-refractivity contribution in [1.29, 1.82) is 0 Å². The lowest BCUT2D eigenvalue weighted by atomic mass is 10.2. The van der Waals surface area contributed by atoms with Crippen LogP contribution in [0.3, 0.4) is 0 Å². The van der Waals surface area contributed by atoms with Crippen LogP contribution in [-0.4, -0.2) is 17.5 Å². The minimum atomic E-state index is -0.383. The minimum Gasteiger partial charge on any atom is -0.497 e. The van der Waals surface area contributed by atoms with Gasteiger partial charge in [0.1, 0.15) is 29.7 Å². The van der Waals surface area contributed by atoms with Gasteiger partial charge in [0, 0.05) is 11.1 Å². The van der Waals surface area contributed by atoms with Gasteiger partial charge < -0.3 is 9.47 Å². The van der Waals surface area contributed by atoms with E-state index < -0.39 is 0 Å². The van der Waals surface area contributed by atoms with E-state index in [1.807, 2.05) is 0 Å². The van der Waals surface area contributed by atoms with Crippen LogP contribution in [0, 0.1) is 11.6 Å². The highest BCUT2D eigenvalue weighted by atomic mass is 32.1. The van der Waals surface area contributed by atoms with E-state index in [0.717, 1.165) is 11.3 Å². The number of anilines is 1. The highest BCUT2D eigenvalue weighted by molar-refractivity contribution is 7.18. The summed E-state index contributed by atoms with van der Waals surface area (Å²) >= 11 is 1.11. The SMILES string of the molecule is O=C(Nc1nc(-c2ccc(F)cc2)c(Oc2ccc(F)cc2)s1)C1=CCOC=C1. The van der Waals surface area contributed by atoms with Crippen molar-refractivity contribution in [3.63, 3.8) is 0 Å². The molecular weight excluding hydrogens is 398 g/mol. The number of halogens is 2. The third-order valence-electron chi connectivity index (χ3n) is 3.96. The zero-order chi connectivity index (χ0) is 20.2. The van der Waals surface area contributed by atoms with E-state index in [9.17, 15) is 13.6 Å². The molecule has 0 saturated carbocycles. The number of benzene rings is 2. The molecule has 0 bridgehead atoms. The normalized spacial score (nSPS) is 12.8. The average molecular weight is 412 g/mol. The molecule has 1 aromatic heterocycles. The molecule has 0 saturated heterocycles. The maximum absolute atomic E-state index is 13.3. The molecule has 29 heavy (non-hydrogen) atoms. The topological polar surface area (TPSA) is 60.5 Å². The van der Waals surface area contributed by atoms with Crippen LogP contribution in [0.4, 0.5) is 13.9 Å². The van der Waals surface area contributed by atoms with Crippen LogP contribution in [-0.2, 0) is 9.53 Å². The van der Waals surface area contributed by atoms with E-state index in [0.29, 0.717) is 39.4 Å². The summed E-state index contributed by atoms with van der Waals surface area (Å²) in [5.41, 5.74) is 1.51. The van der Waals surface area contributed by atoms with Crippen molar-refractivity contribution < 1.29 is 23.0 Å². The lowest BCUT2D eigenvalue weighted by Crippen LogP contribution is -2.14. The van der Waals surface area contributed by atoms with E-state index >= 15 is 0 Å². The predicted octanol–water partition coefficient (Wildman–Crippen LogP) is 5.29. The summed E-state index contributed by atoms with van der Waals surface area (Å²) in [6, 6.07) is 11.3. The van der Waals surface area contributed by atoms with Crippen LogP contribution in [0.1, 0.15) is 0 Å². The van der Waals surface area contributed by atoms with Crippen molar-refractivity contribution in [3.05, 3.63) is 84.2 Å². The van der Waals surface area contributed by atoms with Crippen molar-refractivity contribution in [2.75, 3.05) is 11.9 Å². The van der Waals surface area contributed by atoms with E-state index in [-0.39, 0.29) is 17.5 Å². The largest absolute Gasteiger partial charge is 0.497 e. The van der Waals surface area contributed by atoms with Crippen LogP contribution in [0.5, 0.6) is 10.8 Å². The summed E-state index contributed by atoms with van der Waals surface area (Å²) < 4.78 is 37.4. The maximum atomic E-state index is 13.3. The number of ether oxygens (including phenoxy) is 2. The fourth-order valence-corrected chi connectivity index (χ4v) is 3.40. The molecule has 1 aliphatic heterocycles. The number of amides is 1. The number of carbonyl (C=O) groups is 1. The third kappa shape index (κ3) is 4.49. The Kier molecular flexibility index (Phi) is 5.35. The number of hydrogen-bond donors (Lipinski definition) is 1. The summed E-state index contributed by atoms with van der Waals surface area (Å²) in [6.45, 7) is 0.316. The lowest BCUT2D eigenvalue weighted by molar-refractivity contribution is -0.112. The number of thiazole rings is 1. The molecule has 2 aromatic carbocycles. The Hall–Kier alpha value is -3.52. The van der Waals surface area contributed by atoms with Gasteiger partial charge in [-0.05, 0) is 60.7 Å². The summed E-state index contributed by atoms with van der Waals surface area (Å²) in [5, 5.41) is 3.42. The molecule has 2 heterocycles. The standard InChI is InChI=1S/C21H14F2N2O3S/c22-15-3-1-13(2-4-15)18-20(28-17-7-5-16(23)6-8-17)29-21(24-18)25-19(26)14-9-11-27-12-10-14/h1-11H,12H2,(H,24,25,26). The Morgan fingerprint density at radius 2 is 1.76 bits per heavy atom. The number of nitrogens with zero attached hydrogens (tertiary/aromatic N) is 1. The molecule has 8 heteroatoms. The predicted molar refractivity (Wildman–Crippen MR) is 106 cm³/mol. The molecule has 0 atom stereocenters. The van der Waals surface area contributed by atoms with Crippen LogP contribution < -0.4 is 10.1 Å². The van der Waals surface area contributed by atoms with Gasteiger partial charge in [-0.25, -0.2) is 13.8 Å². The van der Waals surface area contributed by atoms with Gasteiger partial charge in [-0.15, -0.1) is 0 Å². The molecule has 0 unspecified atom stereocenters. The molecule has 146 valence electrons. The third-order valence-corrected chi connectivity index (χ3v) is 4.81. The van der Waals surface area contributed by atoms with Gasteiger partial charge in [-0.3, -0.25) is 10.1 Å². The number of carbonyl (C=O) groups excluding carboxylic acids is 1. The number of nitrogens with one attached hydrogen (secondary N) is 1. The van der Waals surface area contributed by atoms with Gasteiger partial charge >= 0.3 is 0 Å². The summed E-state index contributed by atoms with van der Waals surface area (Å²) in [4.78, 5) is 16.9. The molecule has 1 amide bonds. The summed E-state index contributed by atoms with van der Waals surface area (Å²) in [6.07, 6.45) is 4.66. The van der Waals surface area contributed by atoms with Crippen LogP contribution >= 0.6 is 11.3 Å². The molecule has 1 N–H and O–H groups in total. The fraction of sp³-hybridized carbons (Fsp3) is 0.0476. The van der Waals surface area contributed by atoms with E-state index in [1.165, 1.54) is 42.7 Å². The second-order valence-electron chi connectivity index (χ2n) is 5.97. The van der Waals surface area contributed by atoms with Crippen LogP contribution in [0.2, 0.25) is 0 Å². The van der Waals surface area contributed by atoms with E-state index in [2.05, 4.69) is 10.3 Å². The van der Waals surface area contributed by atoms with Gasteiger partial charge in [0.25, 0.3) is 5.91 Å². The monoisotopic (exact) mass is 412 g/mol. The van der Waals surface area contributed by atoms with Crippen molar-refractivity contribution in [2.45, 2.75) is 0 Å². The Balaban J connectivity index is 1.65. The molecule has 0 radical (unpaired) electrons. The first-order chi connectivity index (χ1) is 14.1. The Morgan fingerprint density at radius 1 is 1.07 bits per heavy atom. The molecule has 5 nitrogen and oxygen atoms in total. The zero-order valence-corrected chi connectivity index (χ0v) is 15.7. The first kappa shape index (κ1) is 18.8. The van der Waals surface area contributed by atoms with E-state index in [1.54, 1.807) is 24.3 Å². The second kappa shape index (κ2) is 8.24. The Bertz CT molecular complexity index is 1090. The van der Waals surface area contributed by atoms with Crippen LogP contribution in [0.15, 0.2) is 72.5 Å². The number of hydrogen-bond acceptors (Lipinski definition) is 5. The molecular formula is C21H14F2N2O3S. The fourth-order valence-electron chi connectivity index (χ4n) is 2.55. The van der Waals surface area contributed by atoms with E-state index in [4.69, 9.17) is 9.47 Å². The quantitative estimate of drug-likeness (QED) is 0.619. The first-order valence-corrected chi connectivity index (χ1v) is 9.40. The van der Waals surface area contributed by atoms with Crippen molar-refractivity contribution >= 4 is 22.4 Å². The Morgan fingerprint density at radius 3 is 2.41 bits per heavy atom. The first-order valence-electron chi connectivity index (χ1n) is 8.58. The highest BCUT2D eigenvalue weighted by Crippen LogP contribution is 2.40. The summed E-state index contributed by atoms with van der Waals surface area (Å²) in [5.74, 6) is -0.688. The molecule has 0 spiro atoms. The maximum Gasteiger partial charge on any atom is 0.257 e. The molecule has 4 rings (SSSR count). The summed E-state index contributed by atoms with van der Waals surface area (Å²) in [7, 11) is 0. The van der Waals surface area contributed by atoms with Crippen molar-refractivity contribution in [3.8, 4) is 22.1 Å². The highest BCUT2D eigenvalue weighted by Gasteiger charge is 2.18. The van der Waals surface area contributed by atoms with Crippen LogP contribution in [0.25, 0.3) is 11.3 Å². The molecule has 0 aliphatic carbocycles. The molecule has 1 aliphatic rings. The average Bonchev–Trinajstić information content (AvgIpc) is 3.13. The lowest BCUT2D eigenvalue weighted by Gasteiger charge is -2.06. The van der Waals surface area contributed by atoms with Crippen molar-refractivity contribution in [1.82, 2.24) is 4.98 Å². The van der Waals surface area contributed by atoms with Crippen molar-refractivity contribution in [2.24, 2.45) is 0 Å². The Labute approximate surface area is 168 Å². The smallest absolute Gasteiger partial charge is 0.257 e. The molecule has 0 fully saturated rings. The number of rotatable bonds is 5. The van der Waals surface area contributed by atoms with Gasteiger partial charge in [0.2, 0.25) is 5.06 Å². The number of aromatic nitrogens is 1. The van der Waals surface area contributed by atoms with Gasteiger partial charge in [0.15, 0.2) is 5.13 Å².